The van der Waals surface area contributed by atoms with Crippen LogP contribution in [0.25, 0.3) is 0 Å². The summed E-state index contributed by atoms with van der Waals surface area (Å²) >= 11 is 0. The van der Waals surface area contributed by atoms with Crippen molar-refractivity contribution >= 4 is 5.91 Å². The summed E-state index contributed by atoms with van der Waals surface area (Å²) in [7, 11) is 1.64. The Balaban J connectivity index is 1.31. The lowest BCUT2D eigenvalue weighted by atomic mass is 9.97. The van der Waals surface area contributed by atoms with Gasteiger partial charge in [-0.05, 0) is 23.8 Å². The molecule has 1 spiro atoms. The van der Waals surface area contributed by atoms with E-state index in [1.165, 1.54) is 17.7 Å². The molecular formula is C23H26F2N2O4. The number of nitrogens with one attached hydrogen (secondary N) is 1. The number of carbonyl (C=O) groups excluding carboxylic acids is 1. The minimum Gasteiger partial charge on any atom is -0.497 e. The maximum Gasteiger partial charge on any atom is 0.249 e. The maximum atomic E-state index is 13.8. The van der Waals surface area contributed by atoms with E-state index in [9.17, 15) is 13.6 Å². The van der Waals surface area contributed by atoms with Gasteiger partial charge in [-0.25, -0.2) is 8.78 Å². The van der Waals surface area contributed by atoms with Crippen molar-refractivity contribution in [1.82, 2.24) is 10.2 Å². The number of rotatable bonds is 6. The number of halogens is 2. The first-order valence-corrected chi connectivity index (χ1v) is 10.3. The van der Waals surface area contributed by atoms with Crippen LogP contribution in [-0.2, 0) is 27.4 Å². The van der Waals surface area contributed by atoms with Gasteiger partial charge in [-0.15, -0.1) is 0 Å². The molecule has 2 atom stereocenters. The topological polar surface area (TPSA) is 60.0 Å². The molecule has 0 aliphatic carbocycles. The molecule has 4 rings (SSSR count). The zero-order chi connectivity index (χ0) is 21.8. The normalized spacial score (nSPS) is 23.8. The van der Waals surface area contributed by atoms with E-state index < -0.39 is 23.3 Å². The summed E-state index contributed by atoms with van der Waals surface area (Å²) in [5, 5.41) is 2.68. The highest BCUT2D eigenvalue weighted by Crippen LogP contribution is 2.32. The molecule has 2 unspecified atom stereocenters. The Kier molecular flexibility index (Phi) is 6.50. The van der Waals surface area contributed by atoms with Gasteiger partial charge in [0.2, 0.25) is 5.91 Å². The Bertz CT molecular complexity index is 924. The SMILES string of the molecule is COc1ccc(CN2CCOC3(COC(C(=O)NCc4ccc(F)cc4F)C3)C2)cc1. The molecule has 0 saturated carbocycles. The molecule has 2 aromatic rings. The molecular weight excluding hydrogens is 406 g/mol. The Morgan fingerprint density at radius 1 is 1.26 bits per heavy atom. The van der Waals surface area contributed by atoms with Crippen molar-refractivity contribution in [2.45, 2.75) is 31.2 Å². The predicted molar refractivity (Wildman–Crippen MR) is 110 cm³/mol. The van der Waals surface area contributed by atoms with E-state index in [-0.39, 0.29) is 18.0 Å². The fourth-order valence-corrected chi connectivity index (χ4v) is 4.10. The summed E-state index contributed by atoms with van der Waals surface area (Å²) < 4.78 is 43.8. The second-order valence-electron chi connectivity index (χ2n) is 8.05. The maximum absolute atomic E-state index is 13.8. The Labute approximate surface area is 180 Å². The Morgan fingerprint density at radius 2 is 2.06 bits per heavy atom. The van der Waals surface area contributed by atoms with Crippen molar-refractivity contribution < 1.29 is 27.8 Å². The number of methoxy groups -OCH3 is 1. The van der Waals surface area contributed by atoms with E-state index >= 15 is 0 Å². The molecule has 2 saturated heterocycles. The summed E-state index contributed by atoms with van der Waals surface area (Å²) in [5.74, 6) is -0.839. The molecule has 2 aliphatic heterocycles. The summed E-state index contributed by atoms with van der Waals surface area (Å²) in [4.78, 5) is 14.8. The lowest BCUT2D eigenvalue weighted by Gasteiger charge is -2.39. The number of hydrogen-bond donors (Lipinski definition) is 1. The fourth-order valence-electron chi connectivity index (χ4n) is 4.10. The molecule has 2 aliphatic rings. The summed E-state index contributed by atoms with van der Waals surface area (Å²) in [6, 6.07) is 11.2. The standard InChI is InChI=1S/C23H26F2N2O4/c1-29-19-6-2-16(3-7-19)13-27-8-9-31-23(14-27)11-21(30-15-23)22(28)26-12-17-4-5-18(24)10-20(17)25/h2-7,10,21H,8-9,11-15H2,1H3,(H,26,28). The average Bonchev–Trinajstić information content (AvgIpc) is 3.16. The monoisotopic (exact) mass is 432 g/mol. The van der Waals surface area contributed by atoms with E-state index in [2.05, 4.69) is 10.2 Å². The van der Waals surface area contributed by atoms with Crippen molar-refractivity contribution in [1.29, 1.82) is 0 Å². The van der Waals surface area contributed by atoms with E-state index in [0.717, 1.165) is 24.9 Å². The highest BCUT2D eigenvalue weighted by Gasteiger charge is 2.46. The molecule has 1 N–H and O–H groups in total. The van der Waals surface area contributed by atoms with E-state index in [1.807, 2.05) is 24.3 Å². The van der Waals surface area contributed by atoms with Crippen LogP contribution in [0.15, 0.2) is 42.5 Å². The zero-order valence-corrected chi connectivity index (χ0v) is 17.4. The first-order valence-electron chi connectivity index (χ1n) is 10.3. The van der Waals surface area contributed by atoms with Crippen LogP contribution in [0, 0.1) is 11.6 Å². The highest BCUT2D eigenvalue weighted by atomic mass is 19.1. The van der Waals surface area contributed by atoms with Gasteiger partial charge in [-0.2, -0.15) is 0 Å². The van der Waals surface area contributed by atoms with Crippen molar-refractivity contribution in [3.05, 3.63) is 65.2 Å². The largest absolute Gasteiger partial charge is 0.497 e. The number of benzene rings is 2. The number of nitrogens with zero attached hydrogens (tertiary/aromatic N) is 1. The molecule has 2 fully saturated rings. The number of hydrogen-bond acceptors (Lipinski definition) is 5. The van der Waals surface area contributed by atoms with Gasteiger partial charge in [-0.1, -0.05) is 18.2 Å². The molecule has 2 aromatic carbocycles. The van der Waals surface area contributed by atoms with Crippen LogP contribution in [0.3, 0.4) is 0 Å². The van der Waals surface area contributed by atoms with E-state index in [1.54, 1.807) is 7.11 Å². The molecule has 0 radical (unpaired) electrons. The number of amides is 1. The molecule has 1 amide bonds. The van der Waals surface area contributed by atoms with Crippen LogP contribution in [-0.4, -0.2) is 55.9 Å². The van der Waals surface area contributed by atoms with Crippen LogP contribution in [0.4, 0.5) is 8.78 Å². The van der Waals surface area contributed by atoms with Crippen molar-refractivity contribution in [3.63, 3.8) is 0 Å². The zero-order valence-electron chi connectivity index (χ0n) is 17.4. The van der Waals surface area contributed by atoms with Crippen molar-refractivity contribution in [2.75, 3.05) is 33.4 Å². The van der Waals surface area contributed by atoms with Gasteiger partial charge < -0.3 is 19.5 Å². The van der Waals surface area contributed by atoms with Gasteiger partial charge in [0.05, 0.1) is 20.3 Å². The number of carbonyl (C=O) groups is 1. The number of ether oxygens (including phenoxy) is 3. The second kappa shape index (κ2) is 9.30. The summed E-state index contributed by atoms with van der Waals surface area (Å²) in [6.45, 7) is 3.10. The molecule has 166 valence electrons. The van der Waals surface area contributed by atoms with Crippen LogP contribution in [0.1, 0.15) is 17.5 Å². The smallest absolute Gasteiger partial charge is 0.249 e. The molecule has 31 heavy (non-hydrogen) atoms. The van der Waals surface area contributed by atoms with Gasteiger partial charge in [0.15, 0.2) is 0 Å². The highest BCUT2D eigenvalue weighted by molar-refractivity contribution is 5.81. The van der Waals surface area contributed by atoms with Crippen LogP contribution in [0.5, 0.6) is 5.75 Å². The lowest BCUT2D eigenvalue weighted by molar-refractivity contribution is -0.130. The van der Waals surface area contributed by atoms with Crippen molar-refractivity contribution in [2.24, 2.45) is 0 Å². The van der Waals surface area contributed by atoms with Gasteiger partial charge in [0.1, 0.15) is 29.1 Å². The second-order valence-corrected chi connectivity index (χ2v) is 8.05. The molecule has 8 heteroatoms. The summed E-state index contributed by atoms with van der Waals surface area (Å²) in [5.41, 5.74) is 0.864. The Morgan fingerprint density at radius 3 is 2.81 bits per heavy atom. The van der Waals surface area contributed by atoms with Crippen LogP contribution < -0.4 is 10.1 Å². The number of morpholine rings is 1. The molecule has 0 aromatic heterocycles. The molecule has 6 nitrogen and oxygen atoms in total. The van der Waals surface area contributed by atoms with E-state index in [0.29, 0.717) is 26.2 Å². The van der Waals surface area contributed by atoms with Gasteiger partial charge >= 0.3 is 0 Å². The van der Waals surface area contributed by atoms with Crippen molar-refractivity contribution in [3.8, 4) is 5.75 Å². The van der Waals surface area contributed by atoms with Gasteiger partial charge in [-0.3, -0.25) is 9.69 Å². The quantitative estimate of drug-likeness (QED) is 0.761. The molecule has 2 heterocycles. The van der Waals surface area contributed by atoms with Crippen LogP contribution >= 0.6 is 0 Å². The molecule has 0 bridgehead atoms. The average molecular weight is 432 g/mol. The Hall–Kier alpha value is -2.55. The minimum atomic E-state index is -0.686. The lowest BCUT2D eigenvalue weighted by Crippen LogP contribution is -2.52. The minimum absolute atomic E-state index is 0.0255. The fraction of sp³-hybridized carbons (Fsp3) is 0.435. The third-order valence-electron chi connectivity index (χ3n) is 5.76. The van der Waals surface area contributed by atoms with Gasteiger partial charge in [0.25, 0.3) is 0 Å². The van der Waals surface area contributed by atoms with Gasteiger partial charge in [0, 0.05) is 44.2 Å². The third-order valence-corrected chi connectivity index (χ3v) is 5.76. The first-order chi connectivity index (χ1) is 15.0. The van der Waals surface area contributed by atoms with E-state index in [4.69, 9.17) is 14.2 Å². The predicted octanol–water partition coefficient (Wildman–Crippen LogP) is 2.65. The third kappa shape index (κ3) is 5.20. The first kappa shape index (κ1) is 21.7. The summed E-state index contributed by atoms with van der Waals surface area (Å²) in [6.07, 6.45) is -0.228. The van der Waals surface area contributed by atoms with Crippen LogP contribution in [0.2, 0.25) is 0 Å².